The number of hydrogen-bond donors (Lipinski definition) is 3. The third-order valence-electron chi connectivity index (χ3n) is 2.85. The Hall–Kier alpha value is -2.46. The summed E-state index contributed by atoms with van der Waals surface area (Å²) >= 11 is 5.07. The molecule has 3 N–H and O–H groups in total. The van der Waals surface area contributed by atoms with Crippen LogP contribution in [0.5, 0.6) is 5.88 Å². The van der Waals surface area contributed by atoms with Crippen LogP contribution in [0.4, 0.5) is 11.5 Å². The summed E-state index contributed by atoms with van der Waals surface area (Å²) in [4.78, 5) is 7.77. The number of benzene rings is 1. The van der Waals surface area contributed by atoms with Gasteiger partial charge in [-0.1, -0.05) is 0 Å². The van der Waals surface area contributed by atoms with Crippen LogP contribution in [0.2, 0.25) is 0 Å². The molecule has 0 aliphatic rings. The Morgan fingerprint density at radius 2 is 1.96 bits per heavy atom. The summed E-state index contributed by atoms with van der Waals surface area (Å²) in [6.45, 7) is 2.63. The molecule has 8 nitrogen and oxygen atoms in total. The summed E-state index contributed by atoms with van der Waals surface area (Å²) < 4.78 is 32.0. The predicted molar refractivity (Wildman–Crippen MR) is 95.7 cm³/mol. The van der Waals surface area contributed by atoms with Gasteiger partial charge in [-0.15, -0.1) is 0 Å². The van der Waals surface area contributed by atoms with E-state index >= 15 is 0 Å². The normalized spacial score (nSPS) is 10.8. The van der Waals surface area contributed by atoms with Gasteiger partial charge in [0, 0.05) is 18.3 Å². The number of aromatic nitrogens is 2. The molecule has 0 aliphatic carbocycles. The zero-order valence-corrected chi connectivity index (χ0v) is 14.7. The molecule has 0 bridgehead atoms. The summed E-state index contributed by atoms with van der Waals surface area (Å²) in [5.41, 5.74) is 0.684. The lowest BCUT2D eigenvalue weighted by Gasteiger charge is -2.10. The lowest BCUT2D eigenvalue weighted by molar-refractivity contribution is 0.397. The fourth-order valence-electron chi connectivity index (χ4n) is 1.76. The van der Waals surface area contributed by atoms with E-state index in [0.29, 0.717) is 17.3 Å². The Kier molecular flexibility index (Phi) is 5.88. The van der Waals surface area contributed by atoms with E-state index in [0.717, 1.165) is 0 Å². The monoisotopic (exact) mass is 367 g/mol. The Morgan fingerprint density at radius 1 is 1.25 bits per heavy atom. The molecule has 0 fully saturated rings. The van der Waals surface area contributed by atoms with Gasteiger partial charge in [-0.05, 0) is 43.4 Å². The van der Waals surface area contributed by atoms with Crippen LogP contribution in [0.15, 0.2) is 41.6 Å². The van der Waals surface area contributed by atoms with Gasteiger partial charge in [0.1, 0.15) is 12.1 Å². The van der Waals surface area contributed by atoms with Gasteiger partial charge in [-0.3, -0.25) is 4.72 Å². The molecule has 0 radical (unpaired) electrons. The Balaban J connectivity index is 2.12. The summed E-state index contributed by atoms with van der Waals surface area (Å²) in [7, 11) is -2.33. The Bertz CT molecular complexity index is 809. The summed E-state index contributed by atoms with van der Waals surface area (Å²) in [6.07, 6.45) is 1.21. The summed E-state index contributed by atoms with van der Waals surface area (Å²) in [5.74, 6) is 0.386. The zero-order valence-electron chi connectivity index (χ0n) is 13.1. The molecular formula is C14H17N5O3S2. The van der Waals surface area contributed by atoms with Crippen LogP contribution in [0.25, 0.3) is 0 Å². The molecule has 1 aromatic heterocycles. The quantitative estimate of drug-likeness (QED) is 0.661. The van der Waals surface area contributed by atoms with E-state index in [1.165, 1.54) is 31.6 Å². The summed E-state index contributed by atoms with van der Waals surface area (Å²) in [5, 5.41) is 6.37. The van der Waals surface area contributed by atoms with Crippen molar-refractivity contribution in [3.8, 4) is 5.88 Å². The van der Waals surface area contributed by atoms with E-state index in [2.05, 4.69) is 25.3 Å². The van der Waals surface area contributed by atoms with Crippen molar-refractivity contribution in [1.82, 2.24) is 15.3 Å². The largest absolute Gasteiger partial charge is 0.481 e. The first kappa shape index (κ1) is 17.9. The smallest absolute Gasteiger partial charge is 0.263 e. The number of nitrogens with zero attached hydrogens (tertiary/aromatic N) is 2. The maximum absolute atomic E-state index is 12.4. The van der Waals surface area contributed by atoms with E-state index in [-0.39, 0.29) is 16.6 Å². The van der Waals surface area contributed by atoms with E-state index in [1.807, 2.05) is 6.92 Å². The van der Waals surface area contributed by atoms with E-state index in [9.17, 15) is 8.42 Å². The van der Waals surface area contributed by atoms with Gasteiger partial charge < -0.3 is 15.4 Å². The summed E-state index contributed by atoms with van der Waals surface area (Å²) in [6, 6.07) is 7.58. The lowest BCUT2D eigenvalue weighted by Crippen LogP contribution is -2.27. The van der Waals surface area contributed by atoms with Crippen LogP contribution < -0.4 is 20.1 Å². The number of nitrogens with one attached hydrogen (secondary N) is 3. The van der Waals surface area contributed by atoms with E-state index in [1.54, 1.807) is 12.1 Å². The maximum atomic E-state index is 12.4. The fraction of sp³-hybridized carbons (Fsp3) is 0.214. The molecular weight excluding hydrogens is 350 g/mol. The predicted octanol–water partition coefficient (Wildman–Crippen LogP) is 1.59. The number of methoxy groups -OCH3 is 1. The Morgan fingerprint density at radius 3 is 2.58 bits per heavy atom. The molecule has 0 aliphatic heterocycles. The van der Waals surface area contributed by atoms with Crippen molar-refractivity contribution in [3.05, 3.63) is 36.7 Å². The zero-order chi connectivity index (χ0) is 17.6. The van der Waals surface area contributed by atoms with Crippen molar-refractivity contribution in [2.75, 3.05) is 23.7 Å². The molecule has 0 unspecified atom stereocenters. The Labute approximate surface area is 145 Å². The maximum Gasteiger partial charge on any atom is 0.263 e. The van der Waals surface area contributed by atoms with E-state index < -0.39 is 10.0 Å². The standard InChI is InChI=1S/C14H17N5O3S2/c1-3-15-14(23)18-10-4-6-11(7-5-10)24(20,21)19-12-8-13(22-2)17-9-16-12/h4-9H,3H2,1-2H3,(H2,15,18,23)(H,16,17,19). The highest BCUT2D eigenvalue weighted by atomic mass is 32.2. The highest BCUT2D eigenvalue weighted by molar-refractivity contribution is 7.92. The van der Waals surface area contributed by atoms with Crippen molar-refractivity contribution in [1.29, 1.82) is 0 Å². The highest BCUT2D eigenvalue weighted by Gasteiger charge is 2.15. The molecule has 0 atom stereocenters. The van der Waals surface area contributed by atoms with Gasteiger partial charge >= 0.3 is 0 Å². The number of thiocarbonyl (C=S) groups is 1. The van der Waals surface area contributed by atoms with Crippen molar-refractivity contribution in [2.45, 2.75) is 11.8 Å². The van der Waals surface area contributed by atoms with Gasteiger partial charge in [-0.25, -0.2) is 18.4 Å². The minimum absolute atomic E-state index is 0.0972. The van der Waals surface area contributed by atoms with Gasteiger partial charge in [0.2, 0.25) is 5.88 Å². The molecule has 0 amide bonds. The first-order valence-corrected chi connectivity index (χ1v) is 8.87. The fourth-order valence-corrected chi connectivity index (χ4v) is 3.02. The second kappa shape index (κ2) is 7.88. The first-order valence-electron chi connectivity index (χ1n) is 6.98. The van der Waals surface area contributed by atoms with Crippen molar-refractivity contribution < 1.29 is 13.2 Å². The molecule has 24 heavy (non-hydrogen) atoms. The number of rotatable bonds is 6. The number of hydrogen-bond acceptors (Lipinski definition) is 6. The van der Waals surface area contributed by atoms with Crippen LogP contribution in [0, 0.1) is 0 Å². The van der Waals surface area contributed by atoms with E-state index in [4.69, 9.17) is 17.0 Å². The SMILES string of the molecule is CCNC(=S)Nc1ccc(S(=O)(=O)Nc2cc(OC)ncn2)cc1. The number of anilines is 2. The van der Waals surface area contributed by atoms with Crippen molar-refractivity contribution in [3.63, 3.8) is 0 Å². The molecule has 10 heteroatoms. The number of sulfonamides is 1. The van der Waals surface area contributed by atoms with Crippen molar-refractivity contribution in [2.24, 2.45) is 0 Å². The van der Waals surface area contributed by atoms with Gasteiger partial charge in [-0.2, -0.15) is 0 Å². The molecule has 0 spiro atoms. The minimum Gasteiger partial charge on any atom is -0.481 e. The average molecular weight is 367 g/mol. The topological polar surface area (TPSA) is 105 Å². The molecule has 1 heterocycles. The van der Waals surface area contributed by atoms with Crippen molar-refractivity contribution >= 4 is 38.9 Å². The molecule has 0 saturated heterocycles. The van der Waals surface area contributed by atoms with Gasteiger partial charge in [0.25, 0.3) is 10.0 Å². The average Bonchev–Trinajstić information content (AvgIpc) is 2.55. The minimum atomic E-state index is -3.77. The second-order valence-corrected chi connectivity index (χ2v) is 6.65. The van der Waals surface area contributed by atoms with Crippen LogP contribution in [-0.4, -0.2) is 37.2 Å². The molecule has 2 rings (SSSR count). The van der Waals surface area contributed by atoms with Crippen LogP contribution in [0.1, 0.15) is 6.92 Å². The lowest BCUT2D eigenvalue weighted by atomic mass is 10.3. The van der Waals surface area contributed by atoms with Crippen LogP contribution >= 0.6 is 12.2 Å². The van der Waals surface area contributed by atoms with Crippen LogP contribution in [-0.2, 0) is 10.0 Å². The third kappa shape index (κ3) is 4.77. The molecule has 0 saturated carbocycles. The van der Waals surface area contributed by atoms with Crippen LogP contribution in [0.3, 0.4) is 0 Å². The molecule has 2 aromatic rings. The highest BCUT2D eigenvalue weighted by Crippen LogP contribution is 2.18. The van der Waals surface area contributed by atoms with Gasteiger partial charge in [0.05, 0.1) is 12.0 Å². The number of ether oxygens (including phenoxy) is 1. The molecule has 128 valence electrons. The molecule has 1 aromatic carbocycles. The first-order chi connectivity index (χ1) is 11.4. The second-order valence-electron chi connectivity index (χ2n) is 4.56. The third-order valence-corrected chi connectivity index (χ3v) is 4.47. The van der Waals surface area contributed by atoms with Gasteiger partial charge in [0.15, 0.2) is 5.11 Å².